The summed E-state index contributed by atoms with van der Waals surface area (Å²) < 4.78 is 10.1. The summed E-state index contributed by atoms with van der Waals surface area (Å²) in [5.74, 6) is -0.335. The number of aromatic hydroxyl groups is 2. The molecule has 1 aromatic rings. The van der Waals surface area contributed by atoms with E-state index < -0.39 is 6.16 Å². The summed E-state index contributed by atoms with van der Waals surface area (Å²) in [4.78, 5) is 11.5. The van der Waals surface area contributed by atoms with Crippen LogP contribution in [-0.2, 0) is 15.9 Å². The van der Waals surface area contributed by atoms with Crippen molar-refractivity contribution < 1.29 is 24.5 Å². The SMILES string of the molecule is CCCCCCCCCCCCCCOC(=O)OCCc1ccc(O)c(O)c1. The molecule has 0 aliphatic carbocycles. The first kappa shape index (κ1) is 24.1. The minimum absolute atomic E-state index is 0.161. The van der Waals surface area contributed by atoms with E-state index in [1.807, 2.05) is 0 Å². The molecule has 0 fully saturated rings. The van der Waals surface area contributed by atoms with E-state index in [4.69, 9.17) is 9.47 Å². The predicted octanol–water partition coefficient (Wildman–Crippen LogP) is 6.49. The lowest BCUT2D eigenvalue weighted by atomic mass is 10.1. The summed E-state index contributed by atoms with van der Waals surface area (Å²) in [6.45, 7) is 2.83. The van der Waals surface area contributed by atoms with E-state index in [9.17, 15) is 15.0 Å². The van der Waals surface area contributed by atoms with Crippen LogP contribution < -0.4 is 0 Å². The minimum atomic E-state index is -0.647. The molecule has 0 aliphatic rings. The van der Waals surface area contributed by atoms with Crippen molar-refractivity contribution in [3.05, 3.63) is 23.8 Å². The van der Waals surface area contributed by atoms with Crippen molar-refractivity contribution in [2.75, 3.05) is 13.2 Å². The summed E-state index contributed by atoms with van der Waals surface area (Å²) in [7, 11) is 0. The normalized spacial score (nSPS) is 10.8. The molecule has 0 aromatic heterocycles. The zero-order valence-electron chi connectivity index (χ0n) is 17.5. The Bertz CT molecular complexity index is 530. The van der Waals surface area contributed by atoms with Crippen LogP contribution in [0.5, 0.6) is 11.5 Å². The molecule has 1 aromatic carbocycles. The highest BCUT2D eigenvalue weighted by atomic mass is 16.7. The van der Waals surface area contributed by atoms with Crippen molar-refractivity contribution >= 4 is 6.16 Å². The Morgan fingerprint density at radius 2 is 1.29 bits per heavy atom. The number of hydrogen-bond donors (Lipinski definition) is 2. The Hall–Kier alpha value is -1.91. The van der Waals surface area contributed by atoms with Crippen molar-refractivity contribution in [3.8, 4) is 11.5 Å². The van der Waals surface area contributed by atoms with Crippen molar-refractivity contribution in [1.29, 1.82) is 0 Å². The monoisotopic (exact) mass is 394 g/mol. The number of phenolic OH excluding ortho intramolecular Hbond substituents is 2. The lowest BCUT2D eigenvalue weighted by Gasteiger charge is -2.07. The molecule has 28 heavy (non-hydrogen) atoms. The molecule has 0 atom stereocenters. The van der Waals surface area contributed by atoms with E-state index in [1.54, 1.807) is 6.07 Å². The third-order valence-corrected chi connectivity index (χ3v) is 4.87. The van der Waals surface area contributed by atoms with E-state index in [0.29, 0.717) is 13.0 Å². The Kier molecular flexibility index (Phi) is 13.9. The van der Waals surface area contributed by atoms with Gasteiger partial charge in [0.2, 0.25) is 0 Å². The third kappa shape index (κ3) is 12.5. The average Bonchev–Trinajstić information content (AvgIpc) is 2.68. The fourth-order valence-electron chi connectivity index (χ4n) is 3.12. The van der Waals surface area contributed by atoms with Crippen molar-refractivity contribution in [2.24, 2.45) is 0 Å². The maximum absolute atomic E-state index is 11.5. The van der Waals surface area contributed by atoms with Crippen LogP contribution in [0.25, 0.3) is 0 Å². The van der Waals surface area contributed by atoms with Crippen LogP contribution in [0.3, 0.4) is 0 Å². The van der Waals surface area contributed by atoms with Gasteiger partial charge in [0.05, 0.1) is 13.2 Å². The van der Waals surface area contributed by atoms with Gasteiger partial charge in [-0.3, -0.25) is 0 Å². The highest BCUT2D eigenvalue weighted by Crippen LogP contribution is 2.25. The number of hydrogen-bond acceptors (Lipinski definition) is 5. The van der Waals surface area contributed by atoms with Crippen LogP contribution >= 0.6 is 0 Å². The molecule has 0 unspecified atom stereocenters. The molecule has 2 N–H and O–H groups in total. The molecule has 0 bridgehead atoms. The number of ether oxygens (including phenoxy) is 2. The van der Waals surface area contributed by atoms with Gasteiger partial charge in [-0.1, -0.05) is 83.6 Å². The number of carbonyl (C=O) groups is 1. The van der Waals surface area contributed by atoms with Gasteiger partial charge in [-0.25, -0.2) is 4.79 Å². The molecule has 0 spiro atoms. The molecule has 0 aliphatic heterocycles. The lowest BCUT2D eigenvalue weighted by Crippen LogP contribution is -2.10. The van der Waals surface area contributed by atoms with Crippen molar-refractivity contribution in [2.45, 2.75) is 90.4 Å². The topological polar surface area (TPSA) is 76.0 Å². The average molecular weight is 395 g/mol. The zero-order valence-corrected chi connectivity index (χ0v) is 17.5. The number of carbonyl (C=O) groups excluding carboxylic acids is 1. The van der Waals surface area contributed by atoms with E-state index in [-0.39, 0.29) is 18.1 Å². The Labute approximate surface area is 170 Å². The number of unbranched alkanes of at least 4 members (excludes halogenated alkanes) is 11. The Balaban J connectivity index is 1.87. The van der Waals surface area contributed by atoms with Crippen molar-refractivity contribution in [1.82, 2.24) is 0 Å². The number of benzene rings is 1. The Morgan fingerprint density at radius 3 is 1.86 bits per heavy atom. The van der Waals surface area contributed by atoms with Crippen LogP contribution in [0, 0.1) is 0 Å². The largest absolute Gasteiger partial charge is 0.508 e. The van der Waals surface area contributed by atoms with Gasteiger partial charge in [0.15, 0.2) is 11.5 Å². The maximum atomic E-state index is 11.5. The molecule has 0 saturated carbocycles. The summed E-state index contributed by atoms with van der Waals surface area (Å²) in [6, 6.07) is 4.54. The van der Waals surface area contributed by atoms with Gasteiger partial charge in [-0.2, -0.15) is 0 Å². The van der Waals surface area contributed by atoms with Gasteiger partial charge < -0.3 is 19.7 Å². The first-order valence-electron chi connectivity index (χ1n) is 10.9. The quantitative estimate of drug-likeness (QED) is 0.190. The Morgan fingerprint density at radius 1 is 0.750 bits per heavy atom. The van der Waals surface area contributed by atoms with E-state index in [2.05, 4.69) is 6.92 Å². The van der Waals surface area contributed by atoms with Crippen LogP contribution in [0.15, 0.2) is 18.2 Å². The fourth-order valence-corrected chi connectivity index (χ4v) is 3.12. The lowest BCUT2D eigenvalue weighted by molar-refractivity contribution is 0.0548. The smallest absolute Gasteiger partial charge is 0.504 e. The molecule has 0 radical (unpaired) electrons. The predicted molar refractivity (Wildman–Crippen MR) is 112 cm³/mol. The second-order valence-electron chi connectivity index (χ2n) is 7.41. The van der Waals surface area contributed by atoms with E-state index in [1.165, 1.54) is 76.3 Å². The number of phenols is 2. The van der Waals surface area contributed by atoms with Crippen LogP contribution in [-0.4, -0.2) is 29.6 Å². The van der Waals surface area contributed by atoms with Crippen LogP contribution in [0.2, 0.25) is 0 Å². The molecule has 0 saturated heterocycles. The first-order valence-corrected chi connectivity index (χ1v) is 10.9. The molecule has 160 valence electrons. The molecule has 0 amide bonds. The zero-order chi connectivity index (χ0) is 20.5. The molecular weight excluding hydrogens is 356 g/mol. The van der Waals surface area contributed by atoms with E-state index in [0.717, 1.165) is 18.4 Å². The highest BCUT2D eigenvalue weighted by Gasteiger charge is 2.05. The summed E-state index contributed by atoms with van der Waals surface area (Å²) in [5, 5.41) is 18.7. The van der Waals surface area contributed by atoms with Gasteiger partial charge in [0, 0.05) is 6.42 Å². The summed E-state index contributed by atoms with van der Waals surface area (Å²) in [6.07, 6.45) is 15.1. The summed E-state index contributed by atoms with van der Waals surface area (Å²) >= 11 is 0. The first-order chi connectivity index (χ1) is 13.6. The van der Waals surface area contributed by atoms with E-state index >= 15 is 0 Å². The van der Waals surface area contributed by atoms with Gasteiger partial charge in [-0.15, -0.1) is 0 Å². The summed E-state index contributed by atoms with van der Waals surface area (Å²) in [5.41, 5.74) is 0.782. The number of rotatable bonds is 16. The molecule has 5 heteroatoms. The van der Waals surface area contributed by atoms with Crippen LogP contribution in [0.4, 0.5) is 4.79 Å². The second kappa shape index (κ2) is 16.1. The molecular formula is C23H38O5. The standard InChI is InChI=1S/C23H38O5/c1-2-3-4-5-6-7-8-9-10-11-12-13-17-27-23(26)28-18-16-20-14-15-21(24)22(25)19-20/h14-15,19,24-25H,2-13,16-18H2,1H3. The maximum Gasteiger partial charge on any atom is 0.508 e. The van der Waals surface area contributed by atoms with Gasteiger partial charge in [-0.05, 0) is 24.1 Å². The highest BCUT2D eigenvalue weighted by molar-refractivity contribution is 5.59. The molecule has 1 rings (SSSR count). The molecule has 5 nitrogen and oxygen atoms in total. The third-order valence-electron chi connectivity index (χ3n) is 4.87. The van der Waals surface area contributed by atoms with Gasteiger partial charge in [0.25, 0.3) is 0 Å². The van der Waals surface area contributed by atoms with Gasteiger partial charge >= 0.3 is 6.16 Å². The fraction of sp³-hybridized carbons (Fsp3) is 0.696. The second-order valence-corrected chi connectivity index (χ2v) is 7.41. The molecule has 0 heterocycles. The van der Waals surface area contributed by atoms with Gasteiger partial charge in [0.1, 0.15) is 0 Å². The van der Waals surface area contributed by atoms with Crippen molar-refractivity contribution in [3.63, 3.8) is 0 Å². The van der Waals surface area contributed by atoms with Crippen LogP contribution in [0.1, 0.15) is 89.5 Å². The minimum Gasteiger partial charge on any atom is -0.504 e.